The van der Waals surface area contributed by atoms with Gasteiger partial charge in [0.2, 0.25) is 11.8 Å². The number of halogens is 1. The molecule has 7 heteroatoms. The largest absolute Gasteiger partial charge is 0.322 e. The second kappa shape index (κ2) is 9.53. The van der Waals surface area contributed by atoms with E-state index in [1.807, 2.05) is 12.1 Å². The Kier molecular flexibility index (Phi) is 6.50. The summed E-state index contributed by atoms with van der Waals surface area (Å²) in [5.74, 6) is -0.313. The van der Waals surface area contributed by atoms with Gasteiger partial charge in [0.15, 0.2) is 0 Å². The number of alkyl halides is 1. The van der Waals surface area contributed by atoms with Gasteiger partial charge in [0.05, 0.1) is 0 Å². The number of carbonyl (C=O) groups excluding carboxylic acids is 3. The van der Waals surface area contributed by atoms with E-state index < -0.39 is 12.2 Å². The Morgan fingerprint density at radius 3 is 2.52 bits per heavy atom. The van der Waals surface area contributed by atoms with E-state index in [1.54, 1.807) is 4.90 Å². The Morgan fingerprint density at radius 1 is 0.970 bits per heavy atom. The van der Waals surface area contributed by atoms with Crippen molar-refractivity contribution in [1.82, 2.24) is 15.5 Å². The molecule has 5 rings (SSSR count). The fourth-order valence-electron chi connectivity index (χ4n) is 6.28. The van der Waals surface area contributed by atoms with Crippen molar-refractivity contribution < 1.29 is 18.8 Å². The average molecular weight is 456 g/mol. The molecule has 2 heterocycles. The van der Waals surface area contributed by atoms with E-state index in [0.717, 1.165) is 44.1 Å². The minimum absolute atomic E-state index is 0.0101. The molecule has 33 heavy (non-hydrogen) atoms. The molecule has 0 aromatic heterocycles. The molecular weight excluding hydrogens is 421 g/mol. The number of nitrogens with zero attached hydrogens (tertiary/aromatic N) is 1. The maximum atomic E-state index is 14.4. The van der Waals surface area contributed by atoms with Crippen molar-refractivity contribution in [2.24, 2.45) is 5.92 Å². The average Bonchev–Trinajstić information content (AvgIpc) is 3.12. The van der Waals surface area contributed by atoms with Crippen LogP contribution in [0.25, 0.3) is 0 Å². The Morgan fingerprint density at radius 2 is 1.73 bits per heavy atom. The van der Waals surface area contributed by atoms with Crippen molar-refractivity contribution >= 4 is 17.7 Å². The van der Waals surface area contributed by atoms with Gasteiger partial charge in [-0.25, -0.2) is 4.39 Å². The fourth-order valence-corrected chi connectivity index (χ4v) is 6.28. The molecule has 1 aromatic carbocycles. The number of rotatable bonds is 5. The predicted octanol–water partition coefficient (Wildman–Crippen LogP) is 3.42. The molecule has 2 N–H and O–H groups in total. The van der Waals surface area contributed by atoms with Gasteiger partial charge in [-0.05, 0) is 61.6 Å². The van der Waals surface area contributed by atoms with E-state index >= 15 is 0 Å². The van der Waals surface area contributed by atoms with Crippen LogP contribution in [0.15, 0.2) is 18.2 Å². The van der Waals surface area contributed by atoms with E-state index in [2.05, 4.69) is 16.7 Å². The smallest absolute Gasteiger partial charge is 0.255 e. The third-order valence-corrected chi connectivity index (χ3v) is 8.10. The van der Waals surface area contributed by atoms with E-state index in [4.69, 9.17) is 0 Å². The molecule has 2 saturated carbocycles. The number of imide groups is 1. The first-order valence-corrected chi connectivity index (χ1v) is 12.7. The molecule has 4 aliphatic rings. The lowest BCUT2D eigenvalue weighted by molar-refractivity contribution is -0.136. The van der Waals surface area contributed by atoms with E-state index in [1.165, 1.54) is 18.4 Å². The Labute approximate surface area is 194 Å². The first kappa shape index (κ1) is 22.5. The zero-order valence-corrected chi connectivity index (χ0v) is 19.2. The number of hydrogen-bond acceptors (Lipinski definition) is 4. The second-order valence-electron chi connectivity index (χ2n) is 10.3. The van der Waals surface area contributed by atoms with Crippen molar-refractivity contribution in [3.05, 3.63) is 34.9 Å². The molecule has 178 valence electrons. The maximum Gasteiger partial charge on any atom is 0.255 e. The molecule has 1 saturated heterocycles. The number of benzene rings is 1. The molecule has 3 fully saturated rings. The number of fused-ring (bicyclic) bond motifs is 1. The third kappa shape index (κ3) is 4.70. The molecule has 2 aliphatic carbocycles. The summed E-state index contributed by atoms with van der Waals surface area (Å²) >= 11 is 0. The summed E-state index contributed by atoms with van der Waals surface area (Å²) in [6, 6.07) is 5.79. The summed E-state index contributed by atoms with van der Waals surface area (Å²) in [6.07, 6.45) is 9.18. The number of nitrogens with one attached hydrogen (secondary N) is 2. The first-order valence-electron chi connectivity index (χ1n) is 12.7. The van der Waals surface area contributed by atoms with Gasteiger partial charge in [-0.2, -0.15) is 0 Å². The highest BCUT2D eigenvalue weighted by atomic mass is 19.1. The zero-order valence-electron chi connectivity index (χ0n) is 19.2. The highest BCUT2D eigenvalue weighted by molar-refractivity contribution is 6.05. The van der Waals surface area contributed by atoms with E-state index in [0.29, 0.717) is 36.9 Å². The lowest BCUT2D eigenvalue weighted by Gasteiger charge is -2.37. The lowest BCUT2D eigenvalue weighted by atomic mass is 9.79. The summed E-state index contributed by atoms with van der Waals surface area (Å²) in [5.41, 5.74) is 2.81. The summed E-state index contributed by atoms with van der Waals surface area (Å²) in [5, 5.41) is 6.04. The Bertz CT molecular complexity index is 935. The van der Waals surface area contributed by atoms with Gasteiger partial charge in [-0.3, -0.25) is 19.7 Å². The molecule has 0 bridgehead atoms. The molecule has 0 spiro atoms. The van der Waals surface area contributed by atoms with Crippen LogP contribution in [-0.2, 0) is 22.6 Å². The van der Waals surface area contributed by atoms with Gasteiger partial charge < -0.3 is 10.2 Å². The van der Waals surface area contributed by atoms with Crippen molar-refractivity contribution in [2.45, 2.75) is 101 Å². The van der Waals surface area contributed by atoms with Gasteiger partial charge in [-0.15, -0.1) is 0 Å². The molecule has 1 unspecified atom stereocenters. The zero-order chi connectivity index (χ0) is 22.9. The number of piperidine rings is 1. The fraction of sp³-hybridized carbons (Fsp3) is 0.654. The van der Waals surface area contributed by atoms with Crippen molar-refractivity contribution in [2.75, 3.05) is 0 Å². The molecule has 3 amide bonds. The van der Waals surface area contributed by atoms with Gasteiger partial charge in [0, 0.05) is 30.6 Å². The van der Waals surface area contributed by atoms with Gasteiger partial charge in [0.1, 0.15) is 12.2 Å². The van der Waals surface area contributed by atoms with Gasteiger partial charge in [-0.1, -0.05) is 37.8 Å². The minimum Gasteiger partial charge on any atom is -0.322 e. The van der Waals surface area contributed by atoms with Gasteiger partial charge >= 0.3 is 0 Å². The molecule has 6 nitrogen and oxygen atoms in total. The van der Waals surface area contributed by atoms with Crippen LogP contribution in [-0.4, -0.2) is 46.9 Å². The van der Waals surface area contributed by atoms with Crippen molar-refractivity contribution in [3.63, 3.8) is 0 Å². The SMILES string of the molecule is O=C1CCC(N2Cc3cc(C[C@H]4CCCC[C@@H]4N[C@@H]4CCCC[C@@H]4F)ccc3C2=O)C(=O)N1. The van der Waals surface area contributed by atoms with Crippen LogP contribution in [0.4, 0.5) is 4.39 Å². The number of hydrogen-bond donors (Lipinski definition) is 2. The predicted molar refractivity (Wildman–Crippen MR) is 122 cm³/mol. The second-order valence-corrected chi connectivity index (χ2v) is 10.3. The van der Waals surface area contributed by atoms with Gasteiger partial charge in [0.25, 0.3) is 5.91 Å². The van der Waals surface area contributed by atoms with Crippen molar-refractivity contribution in [3.8, 4) is 0 Å². The Balaban J connectivity index is 1.26. The summed E-state index contributed by atoms with van der Waals surface area (Å²) in [6.45, 7) is 0.409. The monoisotopic (exact) mass is 455 g/mol. The summed E-state index contributed by atoms with van der Waals surface area (Å²) in [4.78, 5) is 38.3. The van der Waals surface area contributed by atoms with Crippen LogP contribution in [0.5, 0.6) is 0 Å². The topological polar surface area (TPSA) is 78.5 Å². The maximum absolute atomic E-state index is 14.4. The van der Waals surface area contributed by atoms with Crippen molar-refractivity contribution in [1.29, 1.82) is 0 Å². The van der Waals surface area contributed by atoms with Crippen LogP contribution in [0.2, 0.25) is 0 Å². The van der Waals surface area contributed by atoms with E-state index in [9.17, 15) is 18.8 Å². The summed E-state index contributed by atoms with van der Waals surface area (Å²) < 4.78 is 14.4. The van der Waals surface area contributed by atoms with Crippen LogP contribution < -0.4 is 10.6 Å². The first-order chi connectivity index (χ1) is 16.0. The number of carbonyl (C=O) groups is 3. The molecule has 1 aromatic rings. The summed E-state index contributed by atoms with van der Waals surface area (Å²) in [7, 11) is 0. The lowest BCUT2D eigenvalue weighted by Crippen LogP contribution is -2.52. The number of amides is 3. The van der Waals surface area contributed by atoms with Crippen LogP contribution in [0, 0.1) is 5.92 Å². The van der Waals surface area contributed by atoms with E-state index in [-0.39, 0.29) is 30.2 Å². The Hall–Kier alpha value is -2.28. The molecular formula is C26H34FN3O3. The van der Waals surface area contributed by atoms with Crippen LogP contribution in [0.3, 0.4) is 0 Å². The molecule has 5 atom stereocenters. The standard InChI is InChI=1S/C26H34FN3O3/c27-20-6-2-4-8-22(20)28-21-7-3-1-5-17(21)13-16-9-10-19-18(14-16)15-30(26(19)33)23-11-12-24(31)29-25(23)32/h9-10,14,17,20-23,28H,1-8,11-13,15H2,(H,29,31,32)/t17-,20+,21+,22-,23?/m1/s1. The van der Waals surface area contributed by atoms with Crippen LogP contribution in [0.1, 0.15) is 85.7 Å². The molecule has 2 aliphatic heterocycles. The minimum atomic E-state index is -0.731. The third-order valence-electron chi connectivity index (χ3n) is 8.10. The molecule has 0 radical (unpaired) electrons. The normalized spacial score (nSPS) is 32.6. The highest BCUT2D eigenvalue weighted by Gasteiger charge is 2.39. The highest BCUT2D eigenvalue weighted by Crippen LogP contribution is 2.33. The quantitative estimate of drug-likeness (QED) is 0.667. The van der Waals surface area contributed by atoms with Crippen LogP contribution >= 0.6 is 0 Å².